The standard InChI is InChI=1S/C12H22N2O3.ClH/c1-2-17-12(16)6-7-14-11(15)8-9-4-3-5-10(9)13;/h9-10H,2-8,13H2,1H3,(H,14,15);1H/t9-,10+;/m0./s1. The summed E-state index contributed by atoms with van der Waals surface area (Å²) in [7, 11) is 0. The molecule has 0 heterocycles. The highest BCUT2D eigenvalue weighted by Gasteiger charge is 2.25. The largest absolute Gasteiger partial charge is 0.466 e. The molecule has 18 heavy (non-hydrogen) atoms. The van der Waals surface area contributed by atoms with Crippen molar-refractivity contribution < 1.29 is 14.3 Å². The minimum Gasteiger partial charge on any atom is -0.466 e. The van der Waals surface area contributed by atoms with Crippen molar-refractivity contribution in [2.75, 3.05) is 13.2 Å². The minimum atomic E-state index is -0.273. The van der Waals surface area contributed by atoms with Gasteiger partial charge in [-0.3, -0.25) is 9.59 Å². The lowest BCUT2D eigenvalue weighted by Crippen LogP contribution is -2.32. The van der Waals surface area contributed by atoms with E-state index in [1.807, 2.05) is 0 Å². The zero-order valence-corrected chi connectivity index (χ0v) is 11.6. The lowest BCUT2D eigenvalue weighted by molar-refractivity contribution is -0.143. The smallest absolute Gasteiger partial charge is 0.307 e. The highest BCUT2D eigenvalue weighted by molar-refractivity contribution is 5.85. The minimum absolute atomic E-state index is 0. The molecule has 1 fully saturated rings. The molecule has 6 heteroatoms. The van der Waals surface area contributed by atoms with Gasteiger partial charge in [0.05, 0.1) is 13.0 Å². The number of esters is 1. The number of nitrogens with two attached hydrogens (primary N) is 1. The number of amides is 1. The van der Waals surface area contributed by atoms with Crippen LogP contribution >= 0.6 is 12.4 Å². The summed E-state index contributed by atoms with van der Waals surface area (Å²) in [6, 6.07) is 0.158. The predicted molar refractivity (Wildman–Crippen MR) is 71.4 cm³/mol. The molecule has 1 aliphatic carbocycles. The first-order chi connectivity index (χ1) is 8.13. The van der Waals surface area contributed by atoms with Gasteiger partial charge in [0.15, 0.2) is 0 Å². The van der Waals surface area contributed by atoms with Gasteiger partial charge in [0.2, 0.25) is 5.91 Å². The van der Waals surface area contributed by atoms with Crippen LogP contribution in [0.3, 0.4) is 0 Å². The Morgan fingerprint density at radius 2 is 2.11 bits per heavy atom. The first-order valence-corrected chi connectivity index (χ1v) is 6.31. The molecule has 0 aromatic heterocycles. The number of hydrogen-bond acceptors (Lipinski definition) is 4. The average molecular weight is 279 g/mol. The third kappa shape index (κ3) is 6.21. The summed E-state index contributed by atoms with van der Waals surface area (Å²) in [6.45, 7) is 2.49. The van der Waals surface area contributed by atoms with Crippen molar-refractivity contribution in [3.05, 3.63) is 0 Å². The van der Waals surface area contributed by atoms with E-state index in [2.05, 4.69) is 5.32 Å². The molecule has 0 spiro atoms. The van der Waals surface area contributed by atoms with Crippen LogP contribution in [0.25, 0.3) is 0 Å². The van der Waals surface area contributed by atoms with E-state index in [0.717, 1.165) is 19.3 Å². The van der Waals surface area contributed by atoms with Gasteiger partial charge in [0, 0.05) is 19.0 Å². The normalized spacial score (nSPS) is 22.1. The Morgan fingerprint density at radius 1 is 1.39 bits per heavy atom. The third-order valence-corrected chi connectivity index (χ3v) is 3.12. The van der Waals surface area contributed by atoms with Crippen LogP contribution in [0.2, 0.25) is 0 Å². The lowest BCUT2D eigenvalue weighted by Gasteiger charge is -2.14. The van der Waals surface area contributed by atoms with Crippen molar-refractivity contribution in [2.45, 2.75) is 45.1 Å². The van der Waals surface area contributed by atoms with Gasteiger partial charge in [0.25, 0.3) is 0 Å². The quantitative estimate of drug-likeness (QED) is 0.710. The Bertz CT molecular complexity index is 274. The monoisotopic (exact) mass is 278 g/mol. The van der Waals surface area contributed by atoms with E-state index in [-0.39, 0.29) is 36.7 Å². The molecule has 5 nitrogen and oxygen atoms in total. The van der Waals surface area contributed by atoms with E-state index in [1.54, 1.807) is 6.92 Å². The van der Waals surface area contributed by atoms with Crippen LogP contribution in [0, 0.1) is 5.92 Å². The molecule has 0 aromatic carbocycles. The van der Waals surface area contributed by atoms with Gasteiger partial charge in [-0.1, -0.05) is 6.42 Å². The second-order valence-electron chi connectivity index (χ2n) is 4.46. The van der Waals surface area contributed by atoms with E-state index in [9.17, 15) is 9.59 Å². The topological polar surface area (TPSA) is 81.4 Å². The molecule has 0 aromatic rings. The molecule has 0 unspecified atom stereocenters. The maximum Gasteiger partial charge on any atom is 0.307 e. The molecule has 106 valence electrons. The van der Waals surface area contributed by atoms with Crippen molar-refractivity contribution in [1.82, 2.24) is 5.32 Å². The Morgan fingerprint density at radius 3 is 2.67 bits per heavy atom. The molecule has 2 atom stereocenters. The summed E-state index contributed by atoms with van der Waals surface area (Å²) in [6.07, 6.45) is 3.87. The van der Waals surface area contributed by atoms with Crippen LogP contribution in [-0.4, -0.2) is 31.1 Å². The molecule has 0 saturated heterocycles. The van der Waals surface area contributed by atoms with Crippen molar-refractivity contribution in [3.8, 4) is 0 Å². The fourth-order valence-electron chi connectivity index (χ4n) is 2.17. The molecule has 3 N–H and O–H groups in total. The van der Waals surface area contributed by atoms with E-state index < -0.39 is 0 Å². The fraction of sp³-hybridized carbons (Fsp3) is 0.833. The number of rotatable bonds is 6. The summed E-state index contributed by atoms with van der Waals surface area (Å²) in [5.74, 6) is 0.0135. The maximum absolute atomic E-state index is 11.6. The van der Waals surface area contributed by atoms with Crippen molar-refractivity contribution in [1.29, 1.82) is 0 Å². The first kappa shape index (κ1) is 17.2. The van der Waals surface area contributed by atoms with Gasteiger partial charge in [0.1, 0.15) is 0 Å². The van der Waals surface area contributed by atoms with Crippen molar-refractivity contribution in [2.24, 2.45) is 11.7 Å². The molecule has 1 saturated carbocycles. The van der Waals surface area contributed by atoms with E-state index >= 15 is 0 Å². The van der Waals surface area contributed by atoms with Gasteiger partial charge in [-0.15, -0.1) is 12.4 Å². The van der Waals surface area contributed by atoms with Crippen LogP contribution < -0.4 is 11.1 Å². The molecule has 1 aliphatic rings. The summed E-state index contributed by atoms with van der Waals surface area (Å²) >= 11 is 0. The highest BCUT2D eigenvalue weighted by Crippen LogP contribution is 2.26. The molecule has 0 aliphatic heterocycles. The number of halogens is 1. The Balaban J connectivity index is 0.00000289. The Hall–Kier alpha value is -0.810. The fourth-order valence-corrected chi connectivity index (χ4v) is 2.17. The number of ether oxygens (including phenoxy) is 1. The summed E-state index contributed by atoms with van der Waals surface area (Å²) in [4.78, 5) is 22.6. The number of nitrogens with one attached hydrogen (secondary N) is 1. The third-order valence-electron chi connectivity index (χ3n) is 3.12. The van der Waals surface area contributed by atoms with Crippen LogP contribution in [0.4, 0.5) is 0 Å². The van der Waals surface area contributed by atoms with Crippen LogP contribution in [0.1, 0.15) is 39.0 Å². The average Bonchev–Trinajstić information content (AvgIpc) is 2.65. The molecule has 0 radical (unpaired) electrons. The molecule has 1 amide bonds. The second-order valence-corrected chi connectivity index (χ2v) is 4.46. The molecule has 1 rings (SSSR count). The second kappa shape index (κ2) is 9.16. The lowest BCUT2D eigenvalue weighted by atomic mass is 10.00. The van der Waals surface area contributed by atoms with Crippen LogP contribution in [0.15, 0.2) is 0 Å². The summed E-state index contributed by atoms with van der Waals surface area (Å²) in [5, 5.41) is 2.72. The zero-order chi connectivity index (χ0) is 12.7. The highest BCUT2D eigenvalue weighted by atomic mass is 35.5. The molecular weight excluding hydrogens is 256 g/mol. The van der Waals surface area contributed by atoms with E-state index in [1.165, 1.54) is 0 Å². The maximum atomic E-state index is 11.6. The van der Waals surface area contributed by atoms with Gasteiger partial charge in [-0.05, 0) is 25.7 Å². The van der Waals surface area contributed by atoms with Crippen LogP contribution in [-0.2, 0) is 14.3 Å². The summed E-state index contributed by atoms with van der Waals surface area (Å²) in [5.41, 5.74) is 5.89. The molecular formula is C12H23ClN2O3. The predicted octanol–water partition coefficient (Wildman–Crippen LogP) is 0.995. The Kier molecular flexibility index (Phi) is 8.75. The van der Waals surface area contributed by atoms with E-state index in [4.69, 9.17) is 10.5 Å². The van der Waals surface area contributed by atoms with Crippen molar-refractivity contribution >= 4 is 24.3 Å². The Labute approximate surface area is 114 Å². The van der Waals surface area contributed by atoms with Gasteiger partial charge in [-0.2, -0.15) is 0 Å². The van der Waals surface area contributed by atoms with Crippen molar-refractivity contribution in [3.63, 3.8) is 0 Å². The van der Waals surface area contributed by atoms with Gasteiger partial charge >= 0.3 is 5.97 Å². The van der Waals surface area contributed by atoms with Gasteiger partial charge in [-0.25, -0.2) is 0 Å². The molecule has 0 bridgehead atoms. The number of carbonyl (C=O) groups is 2. The van der Waals surface area contributed by atoms with Crippen LogP contribution in [0.5, 0.6) is 0 Å². The number of carbonyl (C=O) groups excluding carboxylic acids is 2. The van der Waals surface area contributed by atoms with E-state index in [0.29, 0.717) is 25.5 Å². The summed E-state index contributed by atoms with van der Waals surface area (Å²) < 4.78 is 4.76. The first-order valence-electron chi connectivity index (χ1n) is 6.31. The number of hydrogen-bond donors (Lipinski definition) is 2. The zero-order valence-electron chi connectivity index (χ0n) is 10.8. The SMILES string of the molecule is CCOC(=O)CCNC(=O)C[C@@H]1CCC[C@H]1N.Cl. The van der Waals surface area contributed by atoms with Gasteiger partial charge < -0.3 is 15.8 Å².